The molecule has 0 bridgehead atoms. The fourth-order valence-corrected chi connectivity index (χ4v) is 4.86. The number of nitrogens with one attached hydrogen (secondary N) is 1. The number of nitrogens with zero attached hydrogens (tertiary/aromatic N) is 1. The van der Waals surface area contributed by atoms with Crippen molar-refractivity contribution in [1.82, 2.24) is 4.90 Å². The van der Waals surface area contributed by atoms with Crippen molar-refractivity contribution in [2.75, 3.05) is 11.1 Å². The summed E-state index contributed by atoms with van der Waals surface area (Å²) in [5.74, 6) is 0.331. The third-order valence-electron chi connectivity index (χ3n) is 5.12. The average Bonchev–Trinajstić information content (AvgIpc) is 3.12. The molecule has 2 amide bonds. The molecule has 158 valence electrons. The molecule has 1 aliphatic rings. The van der Waals surface area contributed by atoms with E-state index in [0.29, 0.717) is 33.6 Å². The molecule has 7 heteroatoms. The number of carbonyl (C=O) groups is 2. The smallest absolute Gasteiger partial charge is 0.255 e. The van der Waals surface area contributed by atoms with E-state index in [1.807, 2.05) is 60.4 Å². The zero-order valence-corrected chi connectivity index (χ0v) is 19.1. The van der Waals surface area contributed by atoms with E-state index in [0.717, 1.165) is 16.7 Å². The Hall–Kier alpha value is -2.47. The number of thioether (sulfide) groups is 1. The van der Waals surface area contributed by atoms with Gasteiger partial charge < -0.3 is 10.2 Å². The Bertz CT molecular complexity index is 1120. The van der Waals surface area contributed by atoms with Crippen LogP contribution in [0.1, 0.15) is 32.4 Å². The summed E-state index contributed by atoms with van der Waals surface area (Å²) in [5.41, 5.74) is 4.16. The number of rotatable bonds is 5. The van der Waals surface area contributed by atoms with Crippen LogP contribution in [0.4, 0.5) is 5.69 Å². The summed E-state index contributed by atoms with van der Waals surface area (Å²) in [4.78, 5) is 26.9. The molecule has 0 aromatic heterocycles. The molecule has 31 heavy (non-hydrogen) atoms. The molecule has 1 N–H and O–H groups in total. The van der Waals surface area contributed by atoms with Gasteiger partial charge >= 0.3 is 0 Å². The standard InChI is InChI=1S/C24H20Cl2N2O2S/c1-15-2-11-20(12-21(15)26)27-23(30)17-5-7-18(8-6-17)24-28(22(29)14-31-24)13-16-3-9-19(25)10-4-16/h2-12,24H,13-14H2,1H3,(H,27,30)/t24-/m1/s1. The zero-order valence-electron chi connectivity index (χ0n) is 16.8. The molecule has 4 nitrogen and oxygen atoms in total. The molecule has 1 aliphatic heterocycles. The van der Waals surface area contributed by atoms with E-state index >= 15 is 0 Å². The Kier molecular flexibility index (Phi) is 6.56. The van der Waals surface area contributed by atoms with Crippen molar-refractivity contribution < 1.29 is 9.59 Å². The van der Waals surface area contributed by atoms with E-state index in [4.69, 9.17) is 23.2 Å². The first-order valence-electron chi connectivity index (χ1n) is 9.74. The minimum atomic E-state index is -0.209. The van der Waals surface area contributed by atoms with Crippen LogP contribution in [-0.2, 0) is 11.3 Å². The summed E-state index contributed by atoms with van der Waals surface area (Å²) in [5, 5.41) is 4.06. The van der Waals surface area contributed by atoms with Crippen LogP contribution in [-0.4, -0.2) is 22.5 Å². The van der Waals surface area contributed by atoms with Gasteiger partial charge in [-0.1, -0.05) is 53.5 Å². The lowest BCUT2D eigenvalue weighted by Crippen LogP contribution is -2.27. The summed E-state index contributed by atoms with van der Waals surface area (Å²) >= 11 is 13.7. The van der Waals surface area contributed by atoms with Crippen molar-refractivity contribution in [1.29, 1.82) is 0 Å². The Morgan fingerprint density at radius 2 is 1.77 bits per heavy atom. The molecule has 1 fully saturated rings. The summed E-state index contributed by atoms with van der Waals surface area (Å²) in [6.45, 7) is 2.43. The van der Waals surface area contributed by atoms with E-state index < -0.39 is 0 Å². The van der Waals surface area contributed by atoms with E-state index in [-0.39, 0.29) is 17.2 Å². The van der Waals surface area contributed by atoms with Gasteiger partial charge in [0.2, 0.25) is 5.91 Å². The van der Waals surface area contributed by atoms with Gasteiger partial charge in [-0.05, 0) is 60.0 Å². The normalized spacial score (nSPS) is 15.9. The minimum absolute atomic E-state index is 0.0869. The maximum Gasteiger partial charge on any atom is 0.255 e. The van der Waals surface area contributed by atoms with Crippen LogP contribution < -0.4 is 5.32 Å². The van der Waals surface area contributed by atoms with Crippen LogP contribution in [0.5, 0.6) is 0 Å². The van der Waals surface area contributed by atoms with Crippen molar-refractivity contribution in [3.05, 3.63) is 99.0 Å². The molecule has 3 aromatic rings. The van der Waals surface area contributed by atoms with Crippen molar-refractivity contribution in [2.45, 2.75) is 18.8 Å². The van der Waals surface area contributed by atoms with Crippen molar-refractivity contribution in [2.24, 2.45) is 0 Å². The largest absolute Gasteiger partial charge is 0.322 e. The van der Waals surface area contributed by atoms with Crippen LogP contribution in [0.3, 0.4) is 0 Å². The maximum absolute atomic E-state index is 12.6. The van der Waals surface area contributed by atoms with Gasteiger partial charge in [0.25, 0.3) is 5.91 Å². The highest BCUT2D eigenvalue weighted by Gasteiger charge is 2.32. The van der Waals surface area contributed by atoms with E-state index in [9.17, 15) is 9.59 Å². The van der Waals surface area contributed by atoms with Crippen LogP contribution in [0.25, 0.3) is 0 Å². The minimum Gasteiger partial charge on any atom is -0.322 e. The SMILES string of the molecule is Cc1ccc(NC(=O)c2ccc([C@H]3SCC(=O)N3Cc3ccc(Cl)cc3)cc2)cc1Cl. The average molecular weight is 471 g/mol. The molecule has 0 aliphatic carbocycles. The van der Waals surface area contributed by atoms with Gasteiger partial charge in [-0.3, -0.25) is 9.59 Å². The van der Waals surface area contributed by atoms with Gasteiger partial charge in [0.15, 0.2) is 0 Å². The fourth-order valence-electron chi connectivity index (χ4n) is 3.36. The van der Waals surface area contributed by atoms with Gasteiger partial charge in [0.1, 0.15) is 5.37 Å². The Morgan fingerprint density at radius 1 is 1.06 bits per heavy atom. The van der Waals surface area contributed by atoms with E-state index in [2.05, 4.69) is 5.32 Å². The second kappa shape index (κ2) is 9.35. The lowest BCUT2D eigenvalue weighted by molar-refractivity contribution is -0.128. The Labute approximate surface area is 195 Å². The summed E-state index contributed by atoms with van der Waals surface area (Å²) in [6.07, 6.45) is 0. The molecular weight excluding hydrogens is 451 g/mol. The molecule has 1 atom stereocenters. The van der Waals surface area contributed by atoms with Crippen LogP contribution in [0, 0.1) is 6.92 Å². The Balaban J connectivity index is 1.47. The number of halogens is 2. The molecule has 0 spiro atoms. The van der Waals surface area contributed by atoms with Crippen LogP contribution >= 0.6 is 35.0 Å². The molecular formula is C24H20Cl2N2O2S. The highest BCUT2D eigenvalue weighted by atomic mass is 35.5. The topological polar surface area (TPSA) is 49.4 Å². The monoisotopic (exact) mass is 470 g/mol. The predicted molar refractivity (Wildman–Crippen MR) is 128 cm³/mol. The second-order valence-corrected chi connectivity index (χ2v) is 9.26. The molecule has 3 aromatic carbocycles. The number of benzene rings is 3. The summed E-state index contributed by atoms with van der Waals surface area (Å²) in [7, 11) is 0. The van der Waals surface area contributed by atoms with Gasteiger partial charge in [0.05, 0.1) is 5.75 Å². The molecule has 4 rings (SSSR count). The summed E-state index contributed by atoms with van der Waals surface area (Å²) < 4.78 is 0. The van der Waals surface area contributed by atoms with Crippen molar-refractivity contribution >= 4 is 52.5 Å². The lowest BCUT2D eigenvalue weighted by Gasteiger charge is -2.24. The first-order valence-corrected chi connectivity index (χ1v) is 11.5. The molecule has 0 saturated carbocycles. The van der Waals surface area contributed by atoms with Gasteiger partial charge in [-0.2, -0.15) is 0 Å². The van der Waals surface area contributed by atoms with Gasteiger partial charge in [-0.25, -0.2) is 0 Å². The maximum atomic E-state index is 12.6. The van der Waals surface area contributed by atoms with Crippen molar-refractivity contribution in [3.63, 3.8) is 0 Å². The molecule has 1 saturated heterocycles. The molecule has 1 heterocycles. The highest BCUT2D eigenvalue weighted by molar-refractivity contribution is 8.00. The number of hydrogen-bond donors (Lipinski definition) is 1. The first kappa shape index (κ1) is 21.8. The number of aryl methyl sites for hydroxylation is 1. The zero-order chi connectivity index (χ0) is 22.0. The lowest BCUT2D eigenvalue weighted by atomic mass is 10.1. The molecule has 0 radical (unpaired) electrons. The third kappa shape index (κ3) is 5.06. The van der Waals surface area contributed by atoms with Crippen LogP contribution in [0.15, 0.2) is 66.7 Å². The number of carbonyl (C=O) groups excluding carboxylic acids is 2. The fraction of sp³-hybridized carbons (Fsp3) is 0.167. The van der Waals surface area contributed by atoms with E-state index in [1.165, 1.54) is 0 Å². The first-order chi connectivity index (χ1) is 14.9. The Morgan fingerprint density at radius 3 is 2.45 bits per heavy atom. The number of anilines is 1. The number of hydrogen-bond acceptors (Lipinski definition) is 3. The molecule has 0 unspecified atom stereocenters. The summed E-state index contributed by atoms with van der Waals surface area (Å²) in [6, 6.07) is 20.3. The third-order valence-corrected chi connectivity index (χ3v) is 7.04. The van der Waals surface area contributed by atoms with Gasteiger partial charge in [0, 0.05) is 27.8 Å². The predicted octanol–water partition coefficient (Wildman–Crippen LogP) is 6.33. The quantitative estimate of drug-likeness (QED) is 0.473. The van der Waals surface area contributed by atoms with Gasteiger partial charge in [-0.15, -0.1) is 11.8 Å². The highest BCUT2D eigenvalue weighted by Crippen LogP contribution is 2.39. The van der Waals surface area contributed by atoms with Crippen molar-refractivity contribution in [3.8, 4) is 0 Å². The van der Waals surface area contributed by atoms with Crippen LogP contribution in [0.2, 0.25) is 10.0 Å². The van der Waals surface area contributed by atoms with E-state index in [1.54, 1.807) is 30.0 Å². The second-order valence-electron chi connectivity index (χ2n) is 7.35. The number of amides is 2.